The molecular weight excluding hydrogens is 671 g/mol. The maximum absolute atomic E-state index is 5.03. The van der Waals surface area contributed by atoms with Crippen molar-refractivity contribution in [1.29, 1.82) is 0 Å². The number of hydrogen-bond donors (Lipinski definition) is 0. The van der Waals surface area contributed by atoms with Gasteiger partial charge in [0, 0.05) is 35.9 Å². The monoisotopic (exact) mass is 701 g/mol. The molecule has 5 heteroatoms. The summed E-state index contributed by atoms with van der Waals surface area (Å²) >= 11 is 0. The SMILES string of the molecule is c1cncc(-c2c3ccccc3c(-c3ccc(-n4nc5ccc(-c6c7ccccc7c(-c7cccnc7)c7ccccc67)cc5n4)cc3)c3ccccc23)c1. The van der Waals surface area contributed by atoms with Crippen LogP contribution in [0, 0.1) is 0 Å². The van der Waals surface area contributed by atoms with Crippen molar-refractivity contribution in [1.82, 2.24) is 25.0 Å². The average molecular weight is 702 g/mol. The first kappa shape index (κ1) is 31.1. The van der Waals surface area contributed by atoms with Gasteiger partial charge in [-0.15, -0.1) is 10.2 Å². The average Bonchev–Trinajstić information content (AvgIpc) is 3.69. The van der Waals surface area contributed by atoms with Gasteiger partial charge in [-0.3, -0.25) is 9.97 Å². The van der Waals surface area contributed by atoms with Crippen LogP contribution in [0.15, 0.2) is 189 Å². The molecule has 0 aliphatic carbocycles. The van der Waals surface area contributed by atoms with Crippen molar-refractivity contribution in [3.8, 4) is 50.2 Å². The molecule has 55 heavy (non-hydrogen) atoms. The Kier molecular flexibility index (Phi) is 7.10. The summed E-state index contributed by atoms with van der Waals surface area (Å²) in [6.07, 6.45) is 7.56. The van der Waals surface area contributed by atoms with Gasteiger partial charge in [0.15, 0.2) is 0 Å². The van der Waals surface area contributed by atoms with E-state index in [-0.39, 0.29) is 0 Å². The predicted octanol–water partition coefficient (Wildman–Crippen LogP) is 12.5. The molecule has 0 atom stereocenters. The van der Waals surface area contributed by atoms with Gasteiger partial charge in [0.2, 0.25) is 0 Å². The molecule has 256 valence electrons. The van der Waals surface area contributed by atoms with E-state index in [0.29, 0.717) is 0 Å². The molecule has 0 fully saturated rings. The minimum atomic E-state index is 0.842. The smallest absolute Gasteiger partial charge is 0.114 e. The number of fused-ring (bicyclic) bond motifs is 5. The van der Waals surface area contributed by atoms with Crippen molar-refractivity contribution in [2.45, 2.75) is 0 Å². The predicted molar refractivity (Wildman–Crippen MR) is 226 cm³/mol. The highest BCUT2D eigenvalue weighted by Gasteiger charge is 2.19. The number of pyridine rings is 2. The zero-order chi connectivity index (χ0) is 36.3. The number of nitrogens with zero attached hydrogens (tertiary/aromatic N) is 5. The van der Waals surface area contributed by atoms with Crippen LogP contribution in [0.3, 0.4) is 0 Å². The second-order valence-electron chi connectivity index (χ2n) is 13.9. The molecule has 0 radical (unpaired) electrons. The van der Waals surface area contributed by atoms with Gasteiger partial charge >= 0.3 is 0 Å². The molecule has 0 aliphatic heterocycles. The number of benzene rings is 8. The molecule has 0 saturated heterocycles. The van der Waals surface area contributed by atoms with Gasteiger partial charge in [-0.05, 0) is 113 Å². The molecule has 0 saturated carbocycles. The number of rotatable bonds is 5. The van der Waals surface area contributed by atoms with Crippen molar-refractivity contribution in [2.75, 3.05) is 0 Å². The Morgan fingerprint density at radius 3 is 1.11 bits per heavy atom. The highest BCUT2D eigenvalue weighted by molar-refractivity contribution is 6.22. The molecule has 3 heterocycles. The van der Waals surface area contributed by atoms with Gasteiger partial charge in [-0.1, -0.05) is 127 Å². The minimum absolute atomic E-state index is 0.842. The zero-order valence-electron chi connectivity index (χ0n) is 29.6. The number of hydrogen-bond acceptors (Lipinski definition) is 4. The molecule has 0 spiro atoms. The highest BCUT2D eigenvalue weighted by atomic mass is 15.5. The minimum Gasteiger partial charge on any atom is -0.264 e. The van der Waals surface area contributed by atoms with Gasteiger partial charge in [-0.2, -0.15) is 4.80 Å². The molecule has 0 bridgehead atoms. The summed E-state index contributed by atoms with van der Waals surface area (Å²) in [6.45, 7) is 0. The number of aromatic nitrogens is 5. The van der Waals surface area contributed by atoms with Crippen molar-refractivity contribution >= 4 is 54.1 Å². The van der Waals surface area contributed by atoms with E-state index in [0.717, 1.165) is 39.0 Å². The molecule has 5 nitrogen and oxygen atoms in total. The molecule has 0 N–H and O–H groups in total. The third-order valence-corrected chi connectivity index (χ3v) is 10.8. The van der Waals surface area contributed by atoms with Crippen LogP contribution in [0.25, 0.3) is 104 Å². The topological polar surface area (TPSA) is 56.5 Å². The van der Waals surface area contributed by atoms with E-state index in [2.05, 4.69) is 162 Å². The lowest BCUT2D eigenvalue weighted by atomic mass is 9.86. The van der Waals surface area contributed by atoms with Gasteiger partial charge in [-0.25, -0.2) is 0 Å². The van der Waals surface area contributed by atoms with Crippen LogP contribution < -0.4 is 0 Å². The maximum atomic E-state index is 5.03. The molecule has 0 amide bonds. The molecular formula is C50H31N5. The van der Waals surface area contributed by atoms with Crippen LogP contribution >= 0.6 is 0 Å². The van der Waals surface area contributed by atoms with E-state index in [4.69, 9.17) is 10.2 Å². The second kappa shape index (κ2) is 12.6. The van der Waals surface area contributed by atoms with Gasteiger partial charge < -0.3 is 0 Å². The van der Waals surface area contributed by atoms with Crippen LogP contribution in [0.4, 0.5) is 0 Å². The summed E-state index contributed by atoms with van der Waals surface area (Å²) in [7, 11) is 0. The quantitative estimate of drug-likeness (QED) is 0.168. The first-order valence-electron chi connectivity index (χ1n) is 18.5. The molecule has 3 aromatic heterocycles. The molecule has 8 aromatic carbocycles. The van der Waals surface area contributed by atoms with E-state index >= 15 is 0 Å². The Hall–Kier alpha value is -7.50. The largest absolute Gasteiger partial charge is 0.264 e. The summed E-state index contributed by atoms with van der Waals surface area (Å²) in [5, 5.41) is 19.6. The van der Waals surface area contributed by atoms with E-state index in [1.807, 2.05) is 36.9 Å². The molecule has 11 aromatic rings. The Balaban J connectivity index is 1.02. The fourth-order valence-corrected chi connectivity index (χ4v) is 8.47. The van der Waals surface area contributed by atoms with E-state index in [1.54, 1.807) is 4.80 Å². The highest BCUT2D eigenvalue weighted by Crippen LogP contribution is 2.45. The molecule has 0 unspecified atom stereocenters. The normalized spacial score (nSPS) is 11.6. The summed E-state index contributed by atoms with van der Waals surface area (Å²) in [6, 6.07) is 58.0. The van der Waals surface area contributed by atoms with E-state index in [1.165, 1.54) is 65.3 Å². The van der Waals surface area contributed by atoms with E-state index in [9.17, 15) is 0 Å². The van der Waals surface area contributed by atoms with Gasteiger partial charge in [0.1, 0.15) is 11.0 Å². The summed E-state index contributed by atoms with van der Waals surface area (Å²) in [4.78, 5) is 10.7. The van der Waals surface area contributed by atoms with Crippen LogP contribution in [0.2, 0.25) is 0 Å². The van der Waals surface area contributed by atoms with Crippen molar-refractivity contribution in [3.05, 3.63) is 189 Å². The van der Waals surface area contributed by atoms with Crippen molar-refractivity contribution in [2.24, 2.45) is 0 Å². The Morgan fingerprint density at radius 2 is 0.691 bits per heavy atom. The fourth-order valence-electron chi connectivity index (χ4n) is 8.47. The van der Waals surface area contributed by atoms with Crippen LogP contribution in [-0.4, -0.2) is 25.0 Å². The Bertz CT molecular complexity index is 3130. The first-order valence-corrected chi connectivity index (χ1v) is 18.5. The lowest BCUT2D eigenvalue weighted by Gasteiger charge is -2.17. The first-order chi connectivity index (χ1) is 27.3. The van der Waals surface area contributed by atoms with Crippen molar-refractivity contribution < 1.29 is 0 Å². The van der Waals surface area contributed by atoms with Gasteiger partial charge in [0.25, 0.3) is 0 Å². The maximum Gasteiger partial charge on any atom is 0.114 e. The zero-order valence-corrected chi connectivity index (χ0v) is 29.6. The third-order valence-electron chi connectivity index (χ3n) is 10.8. The molecule has 11 rings (SSSR count). The lowest BCUT2D eigenvalue weighted by molar-refractivity contribution is 0.766. The second-order valence-corrected chi connectivity index (χ2v) is 13.9. The Labute approximate surface area is 316 Å². The van der Waals surface area contributed by atoms with Crippen LogP contribution in [0.5, 0.6) is 0 Å². The summed E-state index contributed by atoms with van der Waals surface area (Å²) in [5.41, 5.74) is 11.9. The standard InChI is InChI=1S/C50H31N5/c1-5-17-41-37(13-1)47(38-14-2-6-18-42(38)49(41)34-11-9-27-51-30-34)32-21-24-36(25-22-32)55-53-45-26-23-33(29-46(45)54-55)48-39-15-3-7-19-43(39)50(35-12-10-28-52-31-35)44-20-8-4-16-40(44)48/h1-31H. The van der Waals surface area contributed by atoms with Gasteiger partial charge in [0.05, 0.1) is 5.69 Å². The Morgan fingerprint density at radius 1 is 0.309 bits per heavy atom. The fraction of sp³-hybridized carbons (Fsp3) is 0. The summed E-state index contributed by atoms with van der Waals surface area (Å²) in [5.74, 6) is 0. The molecule has 0 aliphatic rings. The van der Waals surface area contributed by atoms with Crippen LogP contribution in [0.1, 0.15) is 0 Å². The summed E-state index contributed by atoms with van der Waals surface area (Å²) < 4.78 is 0. The van der Waals surface area contributed by atoms with Crippen LogP contribution in [-0.2, 0) is 0 Å². The lowest BCUT2D eigenvalue weighted by Crippen LogP contribution is -1.98. The third kappa shape index (κ3) is 5.02. The van der Waals surface area contributed by atoms with Crippen molar-refractivity contribution in [3.63, 3.8) is 0 Å². The van der Waals surface area contributed by atoms with E-state index < -0.39 is 0 Å².